The molecule has 2 aromatic rings. The molecule has 128 valence electrons. The van der Waals surface area contributed by atoms with E-state index in [4.69, 9.17) is 9.47 Å². The van der Waals surface area contributed by atoms with Crippen molar-refractivity contribution >= 4 is 12.0 Å². The fraction of sp³-hybridized carbons (Fsp3) is 0.158. The second-order valence-corrected chi connectivity index (χ2v) is 5.55. The van der Waals surface area contributed by atoms with E-state index in [1.54, 1.807) is 38.3 Å². The molecule has 1 heterocycles. The Morgan fingerprint density at radius 3 is 2.28 bits per heavy atom. The van der Waals surface area contributed by atoms with E-state index in [2.05, 4.69) is 10.6 Å². The second kappa shape index (κ2) is 7.09. The third-order valence-corrected chi connectivity index (χ3v) is 3.89. The number of hydrogen-bond acceptors (Lipinski definition) is 4. The zero-order valence-electron chi connectivity index (χ0n) is 13.9. The highest BCUT2D eigenvalue weighted by Crippen LogP contribution is 2.28. The van der Waals surface area contributed by atoms with Crippen molar-refractivity contribution in [2.45, 2.75) is 13.0 Å². The molecule has 0 saturated heterocycles. The summed E-state index contributed by atoms with van der Waals surface area (Å²) in [7, 11) is 1.57. The van der Waals surface area contributed by atoms with Crippen LogP contribution in [0, 0.1) is 0 Å². The Kier molecular flexibility index (Phi) is 4.70. The molecule has 25 heavy (non-hydrogen) atoms. The standard InChI is InChI=1S/C19H18N2O4/c1-12-16(18(22)25-15-10-8-14(24-2)9-11-15)17(21-19(23)20-12)13-6-4-3-5-7-13/h3-11,17H,1-2H3,(H2,20,21,23). The third-order valence-electron chi connectivity index (χ3n) is 3.89. The Morgan fingerprint density at radius 1 is 1.00 bits per heavy atom. The molecular formula is C19H18N2O4. The molecule has 1 aliphatic heterocycles. The van der Waals surface area contributed by atoms with Gasteiger partial charge < -0.3 is 20.1 Å². The Bertz CT molecular complexity index is 813. The lowest BCUT2D eigenvalue weighted by Gasteiger charge is -2.28. The minimum atomic E-state index is -0.569. The van der Waals surface area contributed by atoms with Gasteiger partial charge in [-0.25, -0.2) is 9.59 Å². The van der Waals surface area contributed by atoms with Gasteiger partial charge in [-0.2, -0.15) is 0 Å². The van der Waals surface area contributed by atoms with Gasteiger partial charge in [0.1, 0.15) is 11.5 Å². The van der Waals surface area contributed by atoms with Gasteiger partial charge in [0.05, 0.1) is 18.7 Å². The van der Waals surface area contributed by atoms with E-state index in [0.717, 1.165) is 5.56 Å². The summed E-state index contributed by atoms with van der Waals surface area (Å²) < 4.78 is 10.6. The monoisotopic (exact) mass is 338 g/mol. The maximum atomic E-state index is 12.7. The molecule has 0 fully saturated rings. The SMILES string of the molecule is COc1ccc(OC(=O)C2=C(C)NC(=O)NC2c2ccccc2)cc1. The molecule has 0 radical (unpaired) electrons. The van der Waals surface area contributed by atoms with Gasteiger partial charge in [-0.1, -0.05) is 30.3 Å². The molecule has 0 spiro atoms. The van der Waals surface area contributed by atoms with Crippen molar-refractivity contribution < 1.29 is 19.1 Å². The second-order valence-electron chi connectivity index (χ2n) is 5.55. The first kappa shape index (κ1) is 16.6. The van der Waals surface area contributed by atoms with Crippen molar-refractivity contribution in [3.8, 4) is 11.5 Å². The highest BCUT2D eigenvalue weighted by atomic mass is 16.5. The molecule has 2 amide bonds. The first-order valence-corrected chi connectivity index (χ1v) is 7.78. The minimum Gasteiger partial charge on any atom is -0.497 e. The Balaban J connectivity index is 1.89. The van der Waals surface area contributed by atoms with Gasteiger partial charge in [-0.05, 0) is 36.8 Å². The average Bonchev–Trinajstić information content (AvgIpc) is 2.62. The van der Waals surface area contributed by atoms with Crippen LogP contribution in [-0.4, -0.2) is 19.1 Å². The van der Waals surface area contributed by atoms with Crippen LogP contribution >= 0.6 is 0 Å². The van der Waals surface area contributed by atoms with E-state index in [0.29, 0.717) is 22.8 Å². The molecule has 6 heteroatoms. The molecule has 1 aliphatic rings. The predicted molar refractivity (Wildman–Crippen MR) is 92.2 cm³/mol. The summed E-state index contributed by atoms with van der Waals surface area (Å²) >= 11 is 0. The van der Waals surface area contributed by atoms with Crippen LogP contribution in [0.4, 0.5) is 4.79 Å². The number of nitrogens with one attached hydrogen (secondary N) is 2. The average molecular weight is 338 g/mol. The molecule has 3 rings (SSSR count). The lowest BCUT2D eigenvalue weighted by molar-refractivity contribution is -0.130. The molecule has 2 aromatic carbocycles. The number of methoxy groups -OCH3 is 1. The fourth-order valence-corrected chi connectivity index (χ4v) is 2.67. The largest absolute Gasteiger partial charge is 0.497 e. The van der Waals surface area contributed by atoms with Gasteiger partial charge in [0.2, 0.25) is 0 Å². The summed E-state index contributed by atoms with van der Waals surface area (Å²) in [6, 6.07) is 15.1. The van der Waals surface area contributed by atoms with Crippen molar-refractivity contribution in [3.63, 3.8) is 0 Å². The minimum absolute atomic E-state index is 0.354. The quantitative estimate of drug-likeness (QED) is 0.664. The molecule has 1 atom stereocenters. The number of ether oxygens (including phenoxy) is 2. The highest BCUT2D eigenvalue weighted by molar-refractivity contribution is 5.96. The molecular weight excluding hydrogens is 320 g/mol. The number of hydrogen-bond donors (Lipinski definition) is 2. The molecule has 2 N–H and O–H groups in total. The van der Waals surface area contributed by atoms with Crippen LogP contribution in [0.15, 0.2) is 65.9 Å². The van der Waals surface area contributed by atoms with Crippen LogP contribution < -0.4 is 20.1 Å². The Labute approximate surface area is 145 Å². The van der Waals surface area contributed by atoms with Gasteiger partial charge in [-0.15, -0.1) is 0 Å². The van der Waals surface area contributed by atoms with Crippen LogP contribution in [0.25, 0.3) is 0 Å². The van der Waals surface area contributed by atoms with Gasteiger partial charge in [0, 0.05) is 5.70 Å². The summed E-state index contributed by atoms with van der Waals surface area (Å²) in [5, 5.41) is 5.39. The molecule has 0 bridgehead atoms. The Morgan fingerprint density at radius 2 is 1.64 bits per heavy atom. The summed E-state index contributed by atoms with van der Waals surface area (Å²) in [4.78, 5) is 24.6. The Hall–Kier alpha value is -3.28. The van der Waals surface area contributed by atoms with E-state index in [-0.39, 0.29) is 6.03 Å². The van der Waals surface area contributed by atoms with E-state index >= 15 is 0 Å². The number of allylic oxidation sites excluding steroid dienone is 1. The summed E-state index contributed by atoms with van der Waals surface area (Å²) in [5.74, 6) is 0.544. The first-order valence-electron chi connectivity index (χ1n) is 7.78. The van der Waals surface area contributed by atoms with Gasteiger partial charge in [0.15, 0.2) is 0 Å². The number of urea groups is 1. The molecule has 0 saturated carbocycles. The van der Waals surface area contributed by atoms with Gasteiger partial charge in [-0.3, -0.25) is 0 Å². The van der Waals surface area contributed by atoms with Crippen LogP contribution in [0.1, 0.15) is 18.5 Å². The number of amides is 2. The van der Waals surface area contributed by atoms with Crippen molar-refractivity contribution in [2.24, 2.45) is 0 Å². The molecule has 1 unspecified atom stereocenters. The first-order chi connectivity index (χ1) is 12.1. The predicted octanol–water partition coefficient (Wildman–Crippen LogP) is 2.93. The van der Waals surface area contributed by atoms with Crippen LogP contribution in [0.5, 0.6) is 11.5 Å². The van der Waals surface area contributed by atoms with Crippen molar-refractivity contribution in [1.29, 1.82) is 0 Å². The molecule has 0 aromatic heterocycles. The maximum Gasteiger partial charge on any atom is 0.343 e. The van der Waals surface area contributed by atoms with Gasteiger partial charge in [0.25, 0.3) is 0 Å². The van der Waals surface area contributed by atoms with Crippen LogP contribution in [0.3, 0.4) is 0 Å². The smallest absolute Gasteiger partial charge is 0.343 e. The van der Waals surface area contributed by atoms with Crippen molar-refractivity contribution in [3.05, 3.63) is 71.4 Å². The zero-order valence-corrected chi connectivity index (χ0v) is 13.9. The number of esters is 1. The van der Waals surface area contributed by atoms with E-state index in [1.807, 2.05) is 30.3 Å². The van der Waals surface area contributed by atoms with Crippen LogP contribution in [0.2, 0.25) is 0 Å². The number of carbonyl (C=O) groups is 2. The van der Waals surface area contributed by atoms with Crippen molar-refractivity contribution in [2.75, 3.05) is 7.11 Å². The van der Waals surface area contributed by atoms with E-state index in [1.165, 1.54) is 0 Å². The third kappa shape index (κ3) is 3.63. The topological polar surface area (TPSA) is 76.7 Å². The fourth-order valence-electron chi connectivity index (χ4n) is 2.67. The number of benzene rings is 2. The summed E-state index contributed by atoms with van der Waals surface area (Å²) in [6.07, 6.45) is 0. The highest BCUT2D eigenvalue weighted by Gasteiger charge is 2.32. The van der Waals surface area contributed by atoms with Gasteiger partial charge >= 0.3 is 12.0 Å². The van der Waals surface area contributed by atoms with E-state index in [9.17, 15) is 9.59 Å². The summed E-state index contributed by atoms with van der Waals surface area (Å²) in [5.41, 5.74) is 1.64. The number of rotatable bonds is 4. The number of carbonyl (C=O) groups excluding carboxylic acids is 2. The summed E-state index contributed by atoms with van der Waals surface area (Å²) in [6.45, 7) is 1.68. The van der Waals surface area contributed by atoms with Crippen LogP contribution in [-0.2, 0) is 4.79 Å². The lowest BCUT2D eigenvalue weighted by atomic mass is 9.96. The van der Waals surface area contributed by atoms with E-state index < -0.39 is 12.0 Å². The lowest BCUT2D eigenvalue weighted by Crippen LogP contribution is -2.45. The van der Waals surface area contributed by atoms with Crippen molar-refractivity contribution in [1.82, 2.24) is 10.6 Å². The molecule has 0 aliphatic carbocycles. The molecule has 6 nitrogen and oxygen atoms in total. The normalized spacial score (nSPS) is 16.7. The maximum absolute atomic E-state index is 12.7. The zero-order chi connectivity index (χ0) is 17.8.